The summed E-state index contributed by atoms with van der Waals surface area (Å²) in [6.45, 7) is 0.706. The molecule has 0 saturated heterocycles. The zero-order chi connectivity index (χ0) is 14.5. The quantitative estimate of drug-likeness (QED) is 0.886. The highest BCUT2D eigenvalue weighted by Crippen LogP contribution is 2.24. The summed E-state index contributed by atoms with van der Waals surface area (Å²) < 4.78 is 32.7. The van der Waals surface area contributed by atoms with Crippen LogP contribution in [0.5, 0.6) is 5.75 Å². The van der Waals surface area contributed by atoms with Crippen LogP contribution in [0.15, 0.2) is 40.9 Å². The average molecular weight is 342 g/mol. The molecule has 0 heterocycles. The molecule has 0 saturated carbocycles. The molecule has 0 aliphatic heterocycles. The minimum atomic E-state index is -0.333. The Morgan fingerprint density at radius 1 is 1.15 bits per heavy atom. The molecule has 2 aromatic carbocycles. The third kappa shape index (κ3) is 3.55. The maximum Gasteiger partial charge on any atom is 0.137 e. The fourth-order valence-corrected chi connectivity index (χ4v) is 2.21. The number of benzene rings is 2. The number of ether oxygens (including phenoxy) is 1. The third-order valence-electron chi connectivity index (χ3n) is 2.80. The molecular weight excluding hydrogens is 328 g/mol. The lowest BCUT2D eigenvalue weighted by Gasteiger charge is -2.12. The van der Waals surface area contributed by atoms with Gasteiger partial charge in [0, 0.05) is 17.7 Å². The average Bonchev–Trinajstić information content (AvgIpc) is 2.42. The van der Waals surface area contributed by atoms with Gasteiger partial charge in [-0.05, 0) is 47.2 Å². The highest BCUT2D eigenvalue weighted by atomic mass is 79.9. The van der Waals surface area contributed by atoms with Crippen LogP contribution in [0.1, 0.15) is 11.1 Å². The van der Waals surface area contributed by atoms with Gasteiger partial charge >= 0.3 is 0 Å². The summed E-state index contributed by atoms with van der Waals surface area (Å²) in [5.41, 5.74) is 1.42. The number of hydrogen-bond acceptors (Lipinski definition) is 2. The Morgan fingerprint density at radius 3 is 2.70 bits per heavy atom. The Hall–Kier alpha value is -1.46. The Bertz CT molecular complexity index is 604. The smallest absolute Gasteiger partial charge is 0.137 e. The van der Waals surface area contributed by atoms with E-state index in [4.69, 9.17) is 4.74 Å². The lowest BCUT2D eigenvalue weighted by molar-refractivity contribution is 0.300. The van der Waals surface area contributed by atoms with Crippen molar-refractivity contribution in [1.82, 2.24) is 5.32 Å². The van der Waals surface area contributed by atoms with Gasteiger partial charge in [-0.25, -0.2) is 8.78 Å². The van der Waals surface area contributed by atoms with Crippen molar-refractivity contribution >= 4 is 15.9 Å². The fraction of sp³-hybridized carbons (Fsp3) is 0.200. The van der Waals surface area contributed by atoms with E-state index in [9.17, 15) is 8.78 Å². The van der Waals surface area contributed by atoms with Gasteiger partial charge in [-0.3, -0.25) is 0 Å². The zero-order valence-electron chi connectivity index (χ0n) is 10.9. The van der Waals surface area contributed by atoms with Gasteiger partial charge in [-0.1, -0.05) is 12.1 Å². The Kier molecular flexibility index (Phi) is 5.09. The first-order valence-corrected chi connectivity index (χ1v) is 6.90. The predicted octanol–water partition coefficient (Wildman–Crippen LogP) is 4.03. The van der Waals surface area contributed by atoms with Gasteiger partial charge in [0.25, 0.3) is 0 Å². The van der Waals surface area contributed by atoms with Crippen LogP contribution in [-0.4, -0.2) is 7.05 Å². The Balaban J connectivity index is 2.16. The number of hydrogen-bond donors (Lipinski definition) is 1. The lowest BCUT2D eigenvalue weighted by Crippen LogP contribution is -2.08. The molecule has 5 heteroatoms. The first-order valence-electron chi connectivity index (χ1n) is 6.10. The van der Waals surface area contributed by atoms with Gasteiger partial charge in [-0.2, -0.15) is 0 Å². The van der Waals surface area contributed by atoms with Crippen LogP contribution in [0.25, 0.3) is 0 Å². The van der Waals surface area contributed by atoms with E-state index >= 15 is 0 Å². The van der Waals surface area contributed by atoms with Crippen LogP contribution in [0.3, 0.4) is 0 Å². The minimum absolute atomic E-state index is 0.209. The molecule has 0 amide bonds. The van der Waals surface area contributed by atoms with E-state index in [2.05, 4.69) is 21.2 Å². The minimum Gasteiger partial charge on any atom is -0.489 e. The third-order valence-corrected chi connectivity index (χ3v) is 3.69. The van der Waals surface area contributed by atoms with Crippen LogP contribution in [0.4, 0.5) is 8.78 Å². The van der Waals surface area contributed by atoms with Gasteiger partial charge in [-0.15, -0.1) is 0 Å². The monoisotopic (exact) mass is 341 g/mol. The molecule has 1 N–H and O–H groups in total. The first-order chi connectivity index (χ1) is 9.61. The van der Waals surface area contributed by atoms with Crippen molar-refractivity contribution in [2.24, 2.45) is 0 Å². The van der Waals surface area contributed by atoms with E-state index in [1.807, 2.05) is 0 Å². The van der Waals surface area contributed by atoms with Crippen molar-refractivity contribution in [2.75, 3.05) is 7.05 Å². The molecular formula is C15H14BrF2NO. The molecule has 0 fully saturated rings. The standard InChI is InChI=1S/C15H14BrF2NO/c1-19-8-11-7-12(17)5-6-14(11)20-9-10-3-2-4-13(18)15(10)16/h2-7,19H,8-9H2,1H3. The summed E-state index contributed by atoms with van der Waals surface area (Å²) >= 11 is 3.19. The molecule has 0 bridgehead atoms. The molecule has 0 aliphatic rings. The van der Waals surface area contributed by atoms with Gasteiger partial charge in [0.1, 0.15) is 24.0 Å². The molecule has 0 radical (unpaired) electrons. The number of rotatable bonds is 5. The summed E-state index contributed by atoms with van der Waals surface area (Å²) in [4.78, 5) is 0. The van der Waals surface area contributed by atoms with Crippen molar-refractivity contribution in [3.8, 4) is 5.75 Å². The largest absolute Gasteiger partial charge is 0.489 e. The van der Waals surface area contributed by atoms with Gasteiger partial charge in [0.05, 0.1) is 4.47 Å². The van der Waals surface area contributed by atoms with E-state index in [1.165, 1.54) is 18.2 Å². The summed E-state index contributed by atoms with van der Waals surface area (Å²) in [7, 11) is 1.78. The van der Waals surface area contributed by atoms with Crippen LogP contribution in [-0.2, 0) is 13.2 Å². The van der Waals surface area contributed by atoms with Gasteiger partial charge in [0.15, 0.2) is 0 Å². The fourth-order valence-electron chi connectivity index (χ4n) is 1.83. The van der Waals surface area contributed by atoms with E-state index in [0.717, 1.165) is 5.56 Å². The number of halogens is 3. The maximum absolute atomic E-state index is 13.4. The topological polar surface area (TPSA) is 21.3 Å². The van der Waals surface area contributed by atoms with Crippen molar-refractivity contribution in [3.63, 3.8) is 0 Å². The summed E-state index contributed by atoms with van der Waals surface area (Å²) in [6, 6.07) is 9.11. The van der Waals surface area contributed by atoms with Gasteiger partial charge < -0.3 is 10.1 Å². The molecule has 0 atom stereocenters. The van der Waals surface area contributed by atoms with Crippen LogP contribution < -0.4 is 10.1 Å². The van der Waals surface area contributed by atoms with Crippen molar-refractivity contribution in [2.45, 2.75) is 13.2 Å². The van der Waals surface area contributed by atoms with E-state index < -0.39 is 0 Å². The molecule has 2 aromatic rings. The first kappa shape index (κ1) is 14.9. The summed E-state index contributed by atoms with van der Waals surface area (Å²) in [6.07, 6.45) is 0. The van der Waals surface area contributed by atoms with E-state index in [1.54, 1.807) is 25.2 Å². The molecule has 2 nitrogen and oxygen atoms in total. The SMILES string of the molecule is CNCc1cc(F)ccc1OCc1cccc(F)c1Br. The molecule has 0 aromatic heterocycles. The Labute approximate surface area is 124 Å². The number of nitrogens with one attached hydrogen (secondary N) is 1. The van der Waals surface area contributed by atoms with E-state index in [-0.39, 0.29) is 18.2 Å². The summed E-state index contributed by atoms with van der Waals surface area (Å²) in [5, 5.41) is 2.95. The van der Waals surface area contributed by atoms with Crippen LogP contribution in [0.2, 0.25) is 0 Å². The Morgan fingerprint density at radius 2 is 1.95 bits per heavy atom. The van der Waals surface area contributed by atoms with E-state index in [0.29, 0.717) is 22.3 Å². The summed E-state index contributed by atoms with van der Waals surface area (Å²) in [5.74, 6) is -0.0629. The van der Waals surface area contributed by atoms with Crippen molar-refractivity contribution in [3.05, 3.63) is 63.6 Å². The highest BCUT2D eigenvalue weighted by Gasteiger charge is 2.08. The van der Waals surface area contributed by atoms with Crippen molar-refractivity contribution in [1.29, 1.82) is 0 Å². The molecule has 0 spiro atoms. The van der Waals surface area contributed by atoms with Crippen molar-refractivity contribution < 1.29 is 13.5 Å². The lowest BCUT2D eigenvalue weighted by atomic mass is 10.2. The second-order valence-corrected chi connectivity index (χ2v) is 5.08. The second kappa shape index (κ2) is 6.81. The maximum atomic E-state index is 13.4. The molecule has 20 heavy (non-hydrogen) atoms. The molecule has 106 valence electrons. The predicted molar refractivity (Wildman–Crippen MR) is 77.6 cm³/mol. The second-order valence-electron chi connectivity index (χ2n) is 4.28. The molecule has 0 unspecified atom stereocenters. The zero-order valence-corrected chi connectivity index (χ0v) is 12.5. The molecule has 0 aliphatic carbocycles. The van der Waals surface area contributed by atoms with Crippen LogP contribution >= 0.6 is 15.9 Å². The van der Waals surface area contributed by atoms with Gasteiger partial charge in [0.2, 0.25) is 0 Å². The highest BCUT2D eigenvalue weighted by molar-refractivity contribution is 9.10. The van der Waals surface area contributed by atoms with Crippen LogP contribution in [0, 0.1) is 11.6 Å². The molecule has 2 rings (SSSR count). The normalized spacial score (nSPS) is 10.6.